The third-order valence-corrected chi connectivity index (χ3v) is 3.02. The first-order valence-corrected chi connectivity index (χ1v) is 6.31. The molecule has 0 radical (unpaired) electrons. The van der Waals surface area contributed by atoms with Crippen molar-refractivity contribution < 1.29 is 14.2 Å². The predicted molar refractivity (Wildman–Crippen MR) is 81.5 cm³/mol. The van der Waals surface area contributed by atoms with Crippen molar-refractivity contribution in [3.05, 3.63) is 53.6 Å². The van der Waals surface area contributed by atoms with Gasteiger partial charge < -0.3 is 14.2 Å². The maximum Gasteiger partial charge on any atom is 0.129 e. The van der Waals surface area contributed by atoms with Crippen molar-refractivity contribution in [2.45, 2.75) is 0 Å². The first-order chi connectivity index (χ1) is 9.78. The summed E-state index contributed by atoms with van der Waals surface area (Å²) in [5.41, 5.74) is 2.01. The van der Waals surface area contributed by atoms with E-state index >= 15 is 0 Å². The van der Waals surface area contributed by atoms with Gasteiger partial charge in [-0.15, -0.1) is 0 Å². The monoisotopic (exact) mass is 270 g/mol. The van der Waals surface area contributed by atoms with Crippen molar-refractivity contribution in [2.75, 3.05) is 21.3 Å². The van der Waals surface area contributed by atoms with E-state index < -0.39 is 0 Å². The van der Waals surface area contributed by atoms with Crippen LogP contribution < -0.4 is 14.2 Å². The van der Waals surface area contributed by atoms with Gasteiger partial charge in [-0.2, -0.15) is 0 Å². The molecular formula is C17H18O3. The lowest BCUT2D eigenvalue weighted by Gasteiger charge is -2.09. The van der Waals surface area contributed by atoms with Crippen molar-refractivity contribution in [3.63, 3.8) is 0 Å². The first-order valence-electron chi connectivity index (χ1n) is 6.31. The number of rotatable bonds is 5. The zero-order chi connectivity index (χ0) is 14.4. The minimum Gasteiger partial charge on any atom is -0.497 e. The van der Waals surface area contributed by atoms with Gasteiger partial charge in [-0.3, -0.25) is 0 Å². The van der Waals surface area contributed by atoms with E-state index in [1.165, 1.54) is 0 Å². The minimum atomic E-state index is 0.786. The Hall–Kier alpha value is -2.42. The molecule has 0 aromatic heterocycles. The van der Waals surface area contributed by atoms with E-state index in [-0.39, 0.29) is 0 Å². The van der Waals surface area contributed by atoms with Gasteiger partial charge in [-0.1, -0.05) is 24.3 Å². The molecule has 0 bridgehead atoms. The summed E-state index contributed by atoms with van der Waals surface area (Å²) in [7, 11) is 4.96. The Morgan fingerprint density at radius 1 is 0.700 bits per heavy atom. The zero-order valence-corrected chi connectivity index (χ0v) is 11.9. The predicted octanol–water partition coefficient (Wildman–Crippen LogP) is 3.88. The number of methoxy groups -OCH3 is 3. The van der Waals surface area contributed by atoms with Crippen LogP contribution in [-0.2, 0) is 0 Å². The summed E-state index contributed by atoms with van der Waals surface area (Å²) in [5.74, 6) is 2.42. The fourth-order valence-corrected chi connectivity index (χ4v) is 1.94. The van der Waals surface area contributed by atoms with Crippen LogP contribution in [-0.4, -0.2) is 21.3 Å². The number of ether oxygens (including phenoxy) is 3. The first kappa shape index (κ1) is 14.0. The average Bonchev–Trinajstić information content (AvgIpc) is 2.52. The van der Waals surface area contributed by atoms with Gasteiger partial charge in [0, 0.05) is 0 Å². The van der Waals surface area contributed by atoms with Gasteiger partial charge >= 0.3 is 0 Å². The third kappa shape index (κ3) is 3.12. The Bertz CT molecular complexity index is 563. The normalized spacial score (nSPS) is 10.6. The van der Waals surface area contributed by atoms with Crippen LogP contribution in [0.3, 0.4) is 0 Å². The van der Waals surface area contributed by atoms with E-state index in [2.05, 4.69) is 0 Å². The van der Waals surface area contributed by atoms with Crippen molar-refractivity contribution in [3.8, 4) is 17.2 Å². The second-order valence-electron chi connectivity index (χ2n) is 4.18. The van der Waals surface area contributed by atoms with Gasteiger partial charge in [0.2, 0.25) is 0 Å². The summed E-state index contributed by atoms with van der Waals surface area (Å²) in [6.07, 6.45) is 4.00. The molecule has 3 nitrogen and oxygen atoms in total. The van der Waals surface area contributed by atoms with E-state index in [9.17, 15) is 0 Å². The Kier molecular flexibility index (Phi) is 4.66. The number of benzene rings is 2. The molecule has 0 atom stereocenters. The van der Waals surface area contributed by atoms with E-state index in [1.54, 1.807) is 21.3 Å². The molecule has 0 aliphatic heterocycles. The molecule has 0 N–H and O–H groups in total. The minimum absolute atomic E-state index is 0.786. The van der Waals surface area contributed by atoms with Crippen LogP contribution in [0.25, 0.3) is 12.2 Å². The van der Waals surface area contributed by atoms with E-state index in [0.717, 1.165) is 28.4 Å². The van der Waals surface area contributed by atoms with Crippen LogP contribution in [0.15, 0.2) is 42.5 Å². The van der Waals surface area contributed by atoms with Crippen molar-refractivity contribution in [2.24, 2.45) is 0 Å². The molecule has 0 unspecified atom stereocenters. The zero-order valence-electron chi connectivity index (χ0n) is 11.9. The number of hydrogen-bond acceptors (Lipinski definition) is 3. The fraction of sp³-hybridized carbons (Fsp3) is 0.176. The molecule has 0 heterocycles. The SMILES string of the molecule is COc1ccc(C=Cc2c(OC)cccc2OC)cc1. The third-order valence-electron chi connectivity index (χ3n) is 3.02. The van der Waals surface area contributed by atoms with E-state index in [1.807, 2.05) is 54.6 Å². The molecule has 2 aromatic carbocycles. The van der Waals surface area contributed by atoms with Gasteiger partial charge in [0.25, 0.3) is 0 Å². The fourth-order valence-electron chi connectivity index (χ4n) is 1.94. The molecule has 0 aliphatic rings. The average molecular weight is 270 g/mol. The highest BCUT2D eigenvalue weighted by atomic mass is 16.5. The van der Waals surface area contributed by atoms with Crippen molar-refractivity contribution >= 4 is 12.2 Å². The summed E-state index contributed by atoms with van der Waals surface area (Å²) >= 11 is 0. The highest BCUT2D eigenvalue weighted by molar-refractivity contribution is 5.76. The Labute approximate surface area is 119 Å². The molecule has 0 amide bonds. The highest BCUT2D eigenvalue weighted by Gasteiger charge is 2.05. The van der Waals surface area contributed by atoms with Crippen LogP contribution in [0.4, 0.5) is 0 Å². The summed E-state index contributed by atoms with van der Waals surface area (Å²) in [5, 5.41) is 0. The molecule has 0 spiro atoms. The van der Waals surface area contributed by atoms with Gasteiger partial charge in [0.15, 0.2) is 0 Å². The Morgan fingerprint density at radius 2 is 1.30 bits per heavy atom. The molecule has 0 saturated heterocycles. The Morgan fingerprint density at radius 3 is 1.80 bits per heavy atom. The smallest absolute Gasteiger partial charge is 0.129 e. The summed E-state index contributed by atoms with van der Waals surface area (Å²) in [6.45, 7) is 0. The molecule has 3 heteroatoms. The molecule has 2 aromatic rings. The lowest BCUT2D eigenvalue weighted by molar-refractivity contribution is 0.392. The van der Waals surface area contributed by atoms with E-state index in [0.29, 0.717) is 0 Å². The van der Waals surface area contributed by atoms with Gasteiger partial charge in [0.1, 0.15) is 17.2 Å². The van der Waals surface area contributed by atoms with Crippen molar-refractivity contribution in [1.82, 2.24) is 0 Å². The number of hydrogen-bond donors (Lipinski definition) is 0. The lowest BCUT2D eigenvalue weighted by Crippen LogP contribution is -1.91. The summed E-state index contributed by atoms with van der Waals surface area (Å²) in [6, 6.07) is 13.6. The van der Waals surface area contributed by atoms with Crippen LogP contribution >= 0.6 is 0 Å². The Balaban J connectivity index is 2.30. The van der Waals surface area contributed by atoms with Crippen LogP contribution in [0.1, 0.15) is 11.1 Å². The van der Waals surface area contributed by atoms with Gasteiger partial charge in [-0.05, 0) is 35.9 Å². The maximum absolute atomic E-state index is 5.36. The van der Waals surface area contributed by atoms with Gasteiger partial charge in [0.05, 0.1) is 26.9 Å². The van der Waals surface area contributed by atoms with E-state index in [4.69, 9.17) is 14.2 Å². The lowest BCUT2D eigenvalue weighted by atomic mass is 10.1. The highest BCUT2D eigenvalue weighted by Crippen LogP contribution is 2.30. The van der Waals surface area contributed by atoms with Crippen LogP contribution in [0.2, 0.25) is 0 Å². The molecule has 104 valence electrons. The molecule has 0 aliphatic carbocycles. The molecule has 0 saturated carbocycles. The van der Waals surface area contributed by atoms with Gasteiger partial charge in [-0.25, -0.2) is 0 Å². The second-order valence-corrected chi connectivity index (χ2v) is 4.18. The maximum atomic E-state index is 5.36. The second kappa shape index (κ2) is 6.66. The molecule has 20 heavy (non-hydrogen) atoms. The molecular weight excluding hydrogens is 252 g/mol. The molecule has 0 fully saturated rings. The van der Waals surface area contributed by atoms with Crippen LogP contribution in [0.5, 0.6) is 17.2 Å². The standard InChI is InChI=1S/C17H18O3/c1-18-14-10-7-13(8-11-14)9-12-15-16(19-2)5-4-6-17(15)20-3/h4-12H,1-3H3. The van der Waals surface area contributed by atoms with Crippen LogP contribution in [0, 0.1) is 0 Å². The summed E-state index contributed by atoms with van der Waals surface area (Å²) < 4.78 is 15.9. The largest absolute Gasteiger partial charge is 0.497 e. The summed E-state index contributed by atoms with van der Waals surface area (Å²) in [4.78, 5) is 0. The molecule has 2 rings (SSSR count). The quantitative estimate of drug-likeness (QED) is 0.772. The van der Waals surface area contributed by atoms with Crippen molar-refractivity contribution in [1.29, 1.82) is 0 Å². The topological polar surface area (TPSA) is 27.7 Å².